The molecule has 98 heavy (non-hydrogen) atoms. The van der Waals surface area contributed by atoms with Crippen LogP contribution in [0.2, 0.25) is 0 Å². The molecule has 3 saturated carbocycles. The van der Waals surface area contributed by atoms with Gasteiger partial charge in [-0.2, -0.15) is 0 Å². The van der Waals surface area contributed by atoms with Gasteiger partial charge in [-0.1, -0.05) is 107 Å². The molecule has 6 aliphatic carbocycles. The van der Waals surface area contributed by atoms with E-state index in [0.29, 0.717) is 17.9 Å². The Kier molecular flexibility index (Phi) is 27.3. The van der Waals surface area contributed by atoms with Crippen molar-refractivity contribution in [2.45, 2.75) is 202 Å². The first kappa shape index (κ1) is 77.4. The van der Waals surface area contributed by atoms with Gasteiger partial charge in [0.25, 0.3) is 6.47 Å². The monoisotopic (exact) mass is 1460 g/mol. The van der Waals surface area contributed by atoms with Crippen molar-refractivity contribution in [2.24, 2.45) is 39.7 Å². The van der Waals surface area contributed by atoms with Crippen LogP contribution in [0.15, 0.2) is 143 Å². The predicted molar refractivity (Wildman–Crippen MR) is 403 cm³/mol. The molecular formula is C80H105BrN7NaO6S3. The number of pyridine rings is 3. The van der Waals surface area contributed by atoms with Gasteiger partial charge in [0, 0.05) is 80.2 Å². The first-order valence-electron chi connectivity index (χ1n) is 35.3. The van der Waals surface area contributed by atoms with E-state index in [1.165, 1.54) is 118 Å². The second-order valence-electron chi connectivity index (χ2n) is 30.6. The van der Waals surface area contributed by atoms with Crippen LogP contribution >= 0.6 is 39.5 Å². The Hall–Kier alpha value is -4.72. The van der Waals surface area contributed by atoms with Crippen LogP contribution in [0.4, 0.5) is 17.1 Å². The van der Waals surface area contributed by atoms with Crippen LogP contribution in [0.5, 0.6) is 0 Å². The van der Waals surface area contributed by atoms with Gasteiger partial charge in [-0.3, -0.25) is 19.4 Å². The Morgan fingerprint density at radius 3 is 1.20 bits per heavy atom. The Morgan fingerprint density at radius 1 is 0.551 bits per heavy atom. The molecule has 6 aromatic rings. The second kappa shape index (κ2) is 34.5. The van der Waals surface area contributed by atoms with Gasteiger partial charge in [-0.15, -0.1) is 23.5 Å². The maximum atomic E-state index is 12.8. The molecule has 522 valence electrons. The van der Waals surface area contributed by atoms with Crippen LogP contribution in [0, 0.1) is 34.0 Å². The number of fused-ring (bicyclic) bond motifs is 3. The third-order valence-corrected chi connectivity index (χ3v) is 24.9. The predicted octanol–water partition coefficient (Wildman–Crippen LogP) is 14.4. The average Bonchev–Trinajstić information content (AvgIpc) is 1.60. The van der Waals surface area contributed by atoms with E-state index in [0.717, 1.165) is 113 Å². The van der Waals surface area contributed by atoms with Crippen LogP contribution in [0.3, 0.4) is 0 Å². The third kappa shape index (κ3) is 20.5. The summed E-state index contributed by atoms with van der Waals surface area (Å²) in [6.45, 7) is 17.5. The fraction of sp³-hybridized carbons (Fsp3) is 0.550. The number of halogens is 1. The number of nitrogens with two attached hydrogens (primary N) is 1. The number of thioether (sulfide) groups is 2. The quantitative estimate of drug-likeness (QED) is 0.0264. The normalized spacial score (nSPS) is 21.1. The Labute approximate surface area is 629 Å². The van der Waals surface area contributed by atoms with Crippen molar-refractivity contribution in [3.8, 4) is 0 Å². The van der Waals surface area contributed by atoms with Crippen LogP contribution in [0.1, 0.15) is 190 Å². The number of carbonyl (C=O) groups excluding carboxylic acids is 2. The number of hydrogen-bond acceptors (Lipinski definition) is 15. The van der Waals surface area contributed by atoms with E-state index in [1.807, 2.05) is 77.3 Å². The Balaban J connectivity index is 0.000000162. The van der Waals surface area contributed by atoms with Crippen molar-refractivity contribution in [3.05, 3.63) is 161 Å². The van der Waals surface area contributed by atoms with Gasteiger partial charge in [-0.05, 0) is 236 Å². The third-order valence-electron chi connectivity index (χ3n) is 21.4. The van der Waals surface area contributed by atoms with E-state index < -0.39 is 11.2 Å². The summed E-state index contributed by atoms with van der Waals surface area (Å²) in [5.41, 5.74) is 18.3. The maximum absolute atomic E-state index is 12.8. The molecule has 6 heterocycles. The number of carbonyl (C=O) groups is 3. The van der Waals surface area contributed by atoms with Crippen LogP contribution in [-0.2, 0) is 55.7 Å². The van der Waals surface area contributed by atoms with Gasteiger partial charge in [0.1, 0.15) is 11.2 Å². The summed E-state index contributed by atoms with van der Waals surface area (Å²) in [6, 6.07) is 39.2. The van der Waals surface area contributed by atoms with Crippen molar-refractivity contribution in [1.82, 2.24) is 15.0 Å². The fourth-order valence-corrected chi connectivity index (χ4v) is 18.4. The summed E-state index contributed by atoms with van der Waals surface area (Å²) < 4.78 is 11.4. The van der Waals surface area contributed by atoms with Gasteiger partial charge in [-0.25, -0.2) is 9.97 Å². The molecule has 3 aromatic carbocycles. The second-order valence-corrected chi connectivity index (χ2v) is 33.8. The number of piperidine rings is 3. The standard InChI is InChI=1S/C28H36N2O2S.C24H30N2O2S.C22H27N3S.C4H7Br.CH2O2.CH4.Na/c1-27(2,3)32-26(31)16-24-23-7-5-4-6-21(23)17-28(24)12-14-30(15-13-28)22-10-11-25(29-18-22)33-19-20-8-9-20;1-23(2,3)28-22(27)14-20-19-7-5-4-6-17(19)15-24(20)10-12-26(13-11-24)18-8-9-21(29)25-16-18;23-21-19-4-2-1-3-17(19)13-22(21)9-11-25(12-10-22)18-7-8-20(24-14-18)26-15-16-5-6-16;5-3-4-1-2-4;2-1-3;;/h4-7,10-11,18,20,24H,8-9,12-17,19H2,1-3H3;4-9,16,20H,10-15H2,1-3H3,(H,25,29);1-4,7-8,14,16,21H,5-6,9-13,15,23H2;4H,1-3H2;1H,(H,2,3);1H4;/q;;;;;;+1/p-1/t24-;20-;21-;;;;/m111..../s1. The molecule has 13 nitrogen and oxygen atoms in total. The molecule has 3 spiro atoms. The molecule has 3 aromatic heterocycles. The summed E-state index contributed by atoms with van der Waals surface area (Å²) in [5.74, 6) is 5.65. The van der Waals surface area contributed by atoms with Gasteiger partial charge in [0.05, 0.1) is 52.3 Å². The van der Waals surface area contributed by atoms with Gasteiger partial charge >= 0.3 is 41.5 Å². The van der Waals surface area contributed by atoms with Crippen LogP contribution in [0.25, 0.3) is 0 Å². The number of anilines is 3. The number of nitrogens with zero attached hydrogens (tertiary/aromatic N) is 6. The molecule has 0 bridgehead atoms. The van der Waals surface area contributed by atoms with Crippen molar-refractivity contribution in [3.63, 3.8) is 0 Å². The molecule has 15 rings (SSSR count). The topological polar surface area (TPSA) is 164 Å². The maximum Gasteiger partial charge on any atom is 1.00 e. The van der Waals surface area contributed by atoms with E-state index in [2.05, 4.69) is 156 Å². The van der Waals surface area contributed by atoms with E-state index >= 15 is 0 Å². The first-order valence-corrected chi connectivity index (χ1v) is 38.8. The number of aromatic nitrogens is 3. The number of alkyl halides is 1. The SMILES string of the molecule is BrCC1CC1.C.CC(C)(C)OC(=O)C[C@@H]1c2ccccc2CC12CCN(c1ccc(SCC3CC3)nc1)CC2.CC(C)(C)OC(=O)C[C@@H]1c2ccccc2CC12CCN(c1ccc([S-])nc1)CC2.N[C@@H]1c2ccccc2CC12CCN(c1ccc(SCC3CC3)nc1)CC2.O=CO.[Na+]. The number of carboxylic acid groups (broad SMARTS) is 1. The van der Waals surface area contributed by atoms with E-state index in [-0.39, 0.29) is 89.5 Å². The zero-order valence-electron chi connectivity index (χ0n) is 58.4. The average molecular weight is 1460 g/mol. The first-order chi connectivity index (χ1) is 46.1. The van der Waals surface area contributed by atoms with Gasteiger partial charge < -0.3 is 47.6 Å². The molecule has 3 N–H and O–H groups in total. The van der Waals surface area contributed by atoms with Crippen LogP contribution < -0.4 is 50.0 Å². The largest absolute Gasteiger partial charge is 1.00 e. The fourth-order valence-electron chi connectivity index (χ4n) is 15.6. The number of ether oxygens (including phenoxy) is 2. The molecule has 0 radical (unpaired) electrons. The summed E-state index contributed by atoms with van der Waals surface area (Å²) in [6.07, 6.45) is 25.4. The van der Waals surface area contributed by atoms with Crippen molar-refractivity contribution in [2.75, 3.05) is 70.8 Å². The van der Waals surface area contributed by atoms with E-state index in [4.69, 9.17) is 42.7 Å². The number of esters is 2. The number of hydrogen-bond donors (Lipinski definition) is 2. The zero-order chi connectivity index (χ0) is 67.7. The minimum atomic E-state index is -0.449. The van der Waals surface area contributed by atoms with Crippen molar-refractivity contribution in [1.29, 1.82) is 0 Å². The summed E-state index contributed by atoms with van der Waals surface area (Å²) in [7, 11) is 0. The Morgan fingerprint density at radius 2 is 0.888 bits per heavy atom. The van der Waals surface area contributed by atoms with E-state index in [9.17, 15) is 9.59 Å². The number of benzene rings is 3. The molecule has 6 fully saturated rings. The molecular weight excluding hydrogens is 1350 g/mol. The molecule has 3 atom stereocenters. The van der Waals surface area contributed by atoms with Crippen LogP contribution in [-0.4, -0.2) is 106 Å². The Bertz CT molecular complexity index is 3540. The summed E-state index contributed by atoms with van der Waals surface area (Å²) >= 11 is 12.3. The summed E-state index contributed by atoms with van der Waals surface area (Å²) in [5, 5.41) is 11.1. The zero-order valence-corrected chi connectivity index (χ0v) is 64.4. The molecule has 3 aliphatic heterocycles. The minimum absolute atomic E-state index is 0. The molecule has 0 unspecified atom stereocenters. The van der Waals surface area contributed by atoms with Crippen molar-refractivity contribution >= 4 is 87.6 Å². The molecule has 9 aliphatic rings. The smallest absolute Gasteiger partial charge is 0.760 e. The minimum Gasteiger partial charge on any atom is -0.760 e. The number of rotatable bonds is 14. The molecule has 18 heteroatoms. The van der Waals surface area contributed by atoms with E-state index in [1.54, 1.807) is 0 Å². The molecule has 3 saturated heterocycles. The van der Waals surface area contributed by atoms with Gasteiger partial charge in [0.2, 0.25) is 0 Å². The van der Waals surface area contributed by atoms with Gasteiger partial charge in [0.15, 0.2) is 0 Å². The molecule has 0 amide bonds. The van der Waals surface area contributed by atoms with Crippen molar-refractivity contribution < 1.29 is 58.5 Å². The summed E-state index contributed by atoms with van der Waals surface area (Å²) in [4.78, 5) is 54.9.